The number of imide groups is 1. The van der Waals surface area contributed by atoms with Crippen LogP contribution in [-0.4, -0.2) is 98.9 Å². The Morgan fingerprint density at radius 2 is 1.57 bits per heavy atom. The van der Waals surface area contributed by atoms with Crippen LogP contribution in [-0.2, 0) is 46.3 Å². The van der Waals surface area contributed by atoms with E-state index < -0.39 is 107 Å². The number of aryl methyl sites for hydroxylation is 1. The summed E-state index contributed by atoms with van der Waals surface area (Å²) in [6.45, 7) is 18.3. The lowest BCUT2D eigenvalue weighted by Gasteiger charge is -2.29. The van der Waals surface area contributed by atoms with Gasteiger partial charge in [0.05, 0.1) is 29.9 Å². The van der Waals surface area contributed by atoms with E-state index in [1.807, 2.05) is 0 Å². The lowest BCUT2D eigenvalue weighted by atomic mass is 10.0. The van der Waals surface area contributed by atoms with Crippen LogP contribution in [0.2, 0.25) is 0 Å². The fraction of sp³-hybridized carbons (Fsp3) is 0.615. The average molecular weight is 859 g/mol. The first kappa shape index (κ1) is 47.5. The van der Waals surface area contributed by atoms with E-state index in [0.717, 1.165) is 20.1 Å². The van der Waals surface area contributed by atoms with Gasteiger partial charge in [-0.15, -0.1) is 5.10 Å². The van der Waals surface area contributed by atoms with Crippen molar-refractivity contribution in [2.24, 2.45) is 5.92 Å². The smallest absolute Gasteiger partial charge is 0.443 e. The van der Waals surface area contributed by atoms with Gasteiger partial charge in [0.1, 0.15) is 53.6 Å². The molecular weight excluding hydrogens is 804 g/mol. The van der Waals surface area contributed by atoms with Gasteiger partial charge in [-0.25, -0.2) is 28.8 Å². The molecule has 61 heavy (non-hydrogen) atoms. The van der Waals surface area contributed by atoms with E-state index in [0.29, 0.717) is 0 Å². The predicted octanol–water partition coefficient (Wildman–Crippen LogP) is 4.98. The fourth-order valence-electron chi connectivity index (χ4n) is 6.00. The average Bonchev–Trinajstić information content (AvgIpc) is 3.73. The van der Waals surface area contributed by atoms with Crippen LogP contribution in [0.4, 0.5) is 20.1 Å². The minimum atomic E-state index is -1.19. The summed E-state index contributed by atoms with van der Waals surface area (Å²) in [5, 5.41) is 19.7. The third-order valence-electron chi connectivity index (χ3n) is 8.51. The molecule has 2 unspecified atom stereocenters. The fourth-order valence-corrected chi connectivity index (χ4v) is 6.00. The standard InChI is InChI=1S/C39H54N8O14/c1-22(2)30(32(49)45(34(51)59-37(4,5)6)18-24-15-26(47(54)55)13-14-40-24)46-20-25(41-42-46)19-44-31(48)23(3)17-43(33(44)50)29-16-27(58-36(53)61-39(10,11)12)28(57-29)21-56-35(52)60-38(7,8)9/h13-15,17,20,22,27-30H,16,18-19,21H2,1-12H3/t27-,28?,29?,30-/m0/s1. The van der Waals surface area contributed by atoms with E-state index >= 15 is 0 Å². The molecule has 4 atom stereocenters. The molecule has 334 valence electrons. The number of hydrogen-bond donors (Lipinski definition) is 0. The number of carbonyl (C=O) groups excluding carboxylic acids is 4. The number of nitrogens with zero attached hydrogens (tertiary/aromatic N) is 8. The second-order valence-corrected chi connectivity index (χ2v) is 17.7. The van der Waals surface area contributed by atoms with Crippen LogP contribution < -0.4 is 11.2 Å². The molecule has 1 aliphatic rings. The first-order valence-electron chi connectivity index (χ1n) is 19.4. The second kappa shape index (κ2) is 18.6. The number of ether oxygens (including phenoxy) is 6. The van der Waals surface area contributed by atoms with Gasteiger partial charge in [-0.2, -0.15) is 0 Å². The van der Waals surface area contributed by atoms with E-state index in [2.05, 4.69) is 15.3 Å². The van der Waals surface area contributed by atoms with Gasteiger partial charge in [-0.1, -0.05) is 19.1 Å². The molecule has 0 radical (unpaired) electrons. The first-order valence-corrected chi connectivity index (χ1v) is 19.4. The molecule has 0 bridgehead atoms. The van der Waals surface area contributed by atoms with Crippen molar-refractivity contribution in [3.63, 3.8) is 0 Å². The van der Waals surface area contributed by atoms with Crippen molar-refractivity contribution in [1.29, 1.82) is 0 Å². The van der Waals surface area contributed by atoms with Crippen LogP contribution in [0.3, 0.4) is 0 Å². The van der Waals surface area contributed by atoms with E-state index in [-0.39, 0.29) is 29.1 Å². The third-order valence-corrected chi connectivity index (χ3v) is 8.51. The maximum atomic E-state index is 14.3. The summed E-state index contributed by atoms with van der Waals surface area (Å²) in [4.78, 5) is 96.0. The molecule has 22 heteroatoms. The van der Waals surface area contributed by atoms with Crippen molar-refractivity contribution in [2.75, 3.05) is 6.61 Å². The first-order chi connectivity index (χ1) is 28.1. The van der Waals surface area contributed by atoms with Gasteiger partial charge in [-0.05, 0) is 75.2 Å². The lowest BCUT2D eigenvalue weighted by molar-refractivity contribution is -0.385. The van der Waals surface area contributed by atoms with Gasteiger partial charge < -0.3 is 28.4 Å². The van der Waals surface area contributed by atoms with Gasteiger partial charge in [-0.3, -0.25) is 33.8 Å². The summed E-state index contributed by atoms with van der Waals surface area (Å²) in [6.07, 6.45) is -2.58. The van der Waals surface area contributed by atoms with Crippen LogP contribution >= 0.6 is 0 Å². The lowest BCUT2D eigenvalue weighted by Crippen LogP contribution is -2.45. The van der Waals surface area contributed by atoms with Crippen LogP contribution in [0.25, 0.3) is 0 Å². The Hall–Kier alpha value is -6.19. The summed E-state index contributed by atoms with van der Waals surface area (Å²) in [7, 11) is 0. The van der Waals surface area contributed by atoms with Gasteiger partial charge in [0.25, 0.3) is 17.2 Å². The van der Waals surface area contributed by atoms with E-state index in [1.165, 1.54) is 36.3 Å². The molecule has 22 nitrogen and oxygen atoms in total. The quantitative estimate of drug-likeness (QED) is 0.101. The highest BCUT2D eigenvalue weighted by molar-refractivity contribution is 5.94. The van der Waals surface area contributed by atoms with Crippen molar-refractivity contribution >= 4 is 30.0 Å². The summed E-state index contributed by atoms with van der Waals surface area (Å²) in [5.41, 5.74) is -4.31. The normalized spacial score (nSPS) is 17.4. The number of hydrogen-bond acceptors (Lipinski definition) is 17. The monoisotopic (exact) mass is 858 g/mol. The molecule has 4 rings (SSSR count). The predicted molar refractivity (Wildman–Crippen MR) is 212 cm³/mol. The summed E-state index contributed by atoms with van der Waals surface area (Å²) >= 11 is 0. The number of nitro groups is 1. The number of amides is 2. The Labute approximate surface area is 351 Å². The molecule has 0 saturated carbocycles. The van der Waals surface area contributed by atoms with Gasteiger partial charge in [0, 0.05) is 36.5 Å². The zero-order valence-corrected chi connectivity index (χ0v) is 36.4. The van der Waals surface area contributed by atoms with E-state index in [9.17, 15) is 38.9 Å². The van der Waals surface area contributed by atoms with Crippen LogP contribution in [0.5, 0.6) is 0 Å². The molecule has 1 aliphatic heterocycles. The van der Waals surface area contributed by atoms with Crippen molar-refractivity contribution in [3.05, 3.63) is 78.6 Å². The molecule has 0 aromatic carbocycles. The van der Waals surface area contributed by atoms with Crippen molar-refractivity contribution in [3.8, 4) is 0 Å². The Morgan fingerprint density at radius 3 is 2.16 bits per heavy atom. The summed E-state index contributed by atoms with van der Waals surface area (Å²) in [6, 6.07) is 1.12. The van der Waals surface area contributed by atoms with Gasteiger partial charge in [0.15, 0.2) is 0 Å². The Bertz CT molecular complexity index is 2230. The molecule has 3 aromatic rings. The van der Waals surface area contributed by atoms with Crippen molar-refractivity contribution in [2.45, 2.75) is 144 Å². The molecule has 1 fully saturated rings. The highest BCUT2D eigenvalue weighted by Gasteiger charge is 2.42. The largest absolute Gasteiger partial charge is 0.509 e. The Morgan fingerprint density at radius 1 is 0.951 bits per heavy atom. The van der Waals surface area contributed by atoms with Crippen molar-refractivity contribution < 1.29 is 52.5 Å². The van der Waals surface area contributed by atoms with Gasteiger partial charge in [0.2, 0.25) is 0 Å². The van der Waals surface area contributed by atoms with Crippen LogP contribution in [0.15, 0.2) is 40.3 Å². The highest BCUT2D eigenvalue weighted by atomic mass is 16.8. The molecular formula is C39H54N8O14. The third kappa shape index (κ3) is 13.1. The maximum Gasteiger partial charge on any atom is 0.509 e. The molecule has 0 N–H and O–H groups in total. The molecule has 1 saturated heterocycles. The number of pyridine rings is 1. The van der Waals surface area contributed by atoms with Crippen LogP contribution in [0, 0.1) is 23.0 Å². The molecule has 0 aliphatic carbocycles. The second-order valence-electron chi connectivity index (χ2n) is 17.7. The van der Waals surface area contributed by atoms with Crippen LogP contribution in [0.1, 0.15) is 112 Å². The molecule has 3 aromatic heterocycles. The zero-order valence-electron chi connectivity index (χ0n) is 36.4. The molecule has 0 spiro atoms. The topological polar surface area (TPSA) is 258 Å². The van der Waals surface area contributed by atoms with E-state index in [4.69, 9.17) is 28.4 Å². The zero-order chi connectivity index (χ0) is 45.8. The molecule has 2 amide bonds. The minimum Gasteiger partial charge on any atom is -0.443 e. The Balaban J connectivity index is 1.64. The number of carbonyl (C=O) groups is 4. The summed E-state index contributed by atoms with van der Waals surface area (Å²) < 4.78 is 36.2. The van der Waals surface area contributed by atoms with Crippen molar-refractivity contribution in [1.82, 2.24) is 34.0 Å². The summed E-state index contributed by atoms with van der Waals surface area (Å²) in [5.74, 6) is -1.32. The minimum absolute atomic E-state index is 0.0427. The highest BCUT2D eigenvalue weighted by Crippen LogP contribution is 2.31. The number of aromatic nitrogens is 6. The SMILES string of the molecule is Cc1cn(C2C[C@H](OC(=O)OC(C)(C)C)C(COC(=O)OC(C)(C)C)O2)c(=O)n(Cc2cn([C@H](C(=O)N(Cc3cc([N+](=O)[O-])ccn3)C(=O)OC(C)(C)C)C(C)C)nn2)c1=O. The van der Waals surface area contributed by atoms with Gasteiger partial charge >= 0.3 is 24.1 Å². The van der Waals surface area contributed by atoms with E-state index in [1.54, 1.807) is 76.2 Å². The number of rotatable bonds is 12. The molecule has 4 heterocycles. The maximum absolute atomic E-state index is 14.3. The Kier molecular flexibility index (Phi) is 14.5.